The highest BCUT2D eigenvalue weighted by atomic mass is 19.2. The second kappa shape index (κ2) is 3.67. The molecule has 0 unspecified atom stereocenters. The SMILES string of the molecule is CBc1cc(F)c(F)cc1CN. The number of hydrogen-bond acceptors (Lipinski definition) is 1. The van der Waals surface area contributed by atoms with E-state index in [-0.39, 0.29) is 6.54 Å². The van der Waals surface area contributed by atoms with Gasteiger partial charge >= 0.3 is 0 Å². The predicted octanol–water partition coefficient (Wildman–Crippen LogP) is 0.533. The third-order valence-electron chi connectivity index (χ3n) is 1.84. The fraction of sp³-hybridized carbons (Fsp3) is 0.250. The summed E-state index contributed by atoms with van der Waals surface area (Å²) < 4.78 is 25.3. The smallest absolute Gasteiger partial charge is 0.159 e. The molecule has 1 aromatic carbocycles. The average Bonchev–Trinajstić information content (AvgIpc) is 2.09. The first-order valence-electron chi connectivity index (χ1n) is 3.86. The van der Waals surface area contributed by atoms with E-state index >= 15 is 0 Å². The maximum absolute atomic E-state index is 12.7. The van der Waals surface area contributed by atoms with E-state index in [1.54, 1.807) is 0 Å². The molecular weight excluding hydrogens is 159 g/mol. The van der Waals surface area contributed by atoms with Crippen LogP contribution in [0, 0.1) is 11.6 Å². The first kappa shape index (κ1) is 9.19. The second-order valence-corrected chi connectivity index (χ2v) is 2.59. The average molecular weight is 169 g/mol. The molecule has 4 heteroatoms. The molecule has 1 aromatic rings. The Balaban J connectivity index is 3.19. The van der Waals surface area contributed by atoms with Gasteiger partial charge in [0, 0.05) is 6.54 Å². The third kappa shape index (κ3) is 1.64. The lowest BCUT2D eigenvalue weighted by atomic mass is 9.71. The molecule has 0 aliphatic heterocycles. The minimum absolute atomic E-state index is 0.250. The molecular formula is C8H10BF2N. The minimum Gasteiger partial charge on any atom is -0.327 e. The summed E-state index contributed by atoms with van der Waals surface area (Å²) >= 11 is 0. The first-order chi connectivity index (χ1) is 5.69. The standard InChI is InChI=1S/C8H10BF2N/c1-9-6-3-8(11)7(10)2-5(6)4-12/h2-3,9H,4,12H2,1H3. The van der Waals surface area contributed by atoms with Crippen molar-refractivity contribution in [3.63, 3.8) is 0 Å². The summed E-state index contributed by atoms with van der Waals surface area (Å²) in [5.41, 5.74) is 6.81. The summed E-state index contributed by atoms with van der Waals surface area (Å²) in [6.07, 6.45) is 0. The van der Waals surface area contributed by atoms with Crippen molar-refractivity contribution in [2.45, 2.75) is 13.4 Å². The Hall–Kier alpha value is -0.895. The summed E-state index contributed by atoms with van der Waals surface area (Å²) in [7, 11) is 0.670. The molecule has 0 atom stereocenters. The van der Waals surface area contributed by atoms with Crippen LogP contribution in [-0.2, 0) is 6.54 Å². The molecule has 0 radical (unpaired) electrons. The van der Waals surface area contributed by atoms with Crippen molar-refractivity contribution in [1.82, 2.24) is 0 Å². The van der Waals surface area contributed by atoms with E-state index in [4.69, 9.17) is 5.73 Å². The lowest BCUT2D eigenvalue weighted by Gasteiger charge is -2.05. The maximum atomic E-state index is 12.7. The molecule has 0 aromatic heterocycles. The quantitative estimate of drug-likeness (QED) is 0.642. The van der Waals surface area contributed by atoms with Crippen LogP contribution >= 0.6 is 0 Å². The Morgan fingerprint density at radius 3 is 2.42 bits per heavy atom. The number of halogens is 2. The van der Waals surface area contributed by atoms with E-state index in [1.165, 1.54) is 6.07 Å². The van der Waals surface area contributed by atoms with Gasteiger partial charge in [0.05, 0.1) is 0 Å². The van der Waals surface area contributed by atoms with Crippen molar-refractivity contribution in [3.05, 3.63) is 29.3 Å². The minimum atomic E-state index is -0.826. The molecule has 0 fully saturated rings. The highest BCUT2D eigenvalue weighted by Crippen LogP contribution is 2.05. The second-order valence-electron chi connectivity index (χ2n) is 2.59. The number of nitrogens with two attached hydrogens (primary N) is 1. The van der Waals surface area contributed by atoms with E-state index in [9.17, 15) is 8.78 Å². The maximum Gasteiger partial charge on any atom is 0.159 e. The Bertz CT molecular complexity index is 260. The van der Waals surface area contributed by atoms with E-state index < -0.39 is 11.6 Å². The normalized spacial score (nSPS) is 10.0. The molecule has 64 valence electrons. The van der Waals surface area contributed by atoms with Crippen LogP contribution in [0.1, 0.15) is 5.56 Å². The van der Waals surface area contributed by atoms with Gasteiger partial charge in [-0.2, -0.15) is 0 Å². The fourth-order valence-corrected chi connectivity index (χ4v) is 1.15. The molecule has 2 N–H and O–H groups in total. The molecule has 0 heterocycles. The monoisotopic (exact) mass is 169 g/mol. The van der Waals surface area contributed by atoms with Crippen LogP contribution in [0.25, 0.3) is 0 Å². The van der Waals surface area contributed by atoms with E-state index in [2.05, 4.69) is 0 Å². The van der Waals surface area contributed by atoms with Crippen molar-refractivity contribution in [1.29, 1.82) is 0 Å². The summed E-state index contributed by atoms with van der Waals surface area (Å²) in [6.45, 7) is 2.13. The third-order valence-corrected chi connectivity index (χ3v) is 1.84. The van der Waals surface area contributed by atoms with Gasteiger partial charge in [0.25, 0.3) is 0 Å². The van der Waals surface area contributed by atoms with Crippen LogP contribution in [0.4, 0.5) is 8.78 Å². The van der Waals surface area contributed by atoms with Gasteiger partial charge in [0.15, 0.2) is 18.9 Å². The topological polar surface area (TPSA) is 26.0 Å². The summed E-state index contributed by atoms with van der Waals surface area (Å²) in [5.74, 6) is -1.63. The molecule has 0 bridgehead atoms. The van der Waals surface area contributed by atoms with Gasteiger partial charge in [0.2, 0.25) is 0 Å². The largest absolute Gasteiger partial charge is 0.327 e. The van der Waals surface area contributed by atoms with Gasteiger partial charge in [-0.25, -0.2) is 8.78 Å². The molecule has 12 heavy (non-hydrogen) atoms. The van der Waals surface area contributed by atoms with Gasteiger partial charge < -0.3 is 5.73 Å². The van der Waals surface area contributed by atoms with Crippen LogP contribution in [0.15, 0.2) is 12.1 Å². The summed E-state index contributed by atoms with van der Waals surface area (Å²) in [5, 5.41) is 0. The molecule has 1 rings (SSSR count). The van der Waals surface area contributed by atoms with Gasteiger partial charge in [0.1, 0.15) is 0 Å². The van der Waals surface area contributed by atoms with Crippen LogP contribution in [0.5, 0.6) is 0 Å². The first-order valence-corrected chi connectivity index (χ1v) is 3.86. The van der Waals surface area contributed by atoms with Crippen molar-refractivity contribution in [2.24, 2.45) is 5.73 Å². The van der Waals surface area contributed by atoms with E-state index in [0.29, 0.717) is 12.8 Å². The summed E-state index contributed by atoms with van der Waals surface area (Å²) in [6, 6.07) is 2.37. The zero-order chi connectivity index (χ0) is 9.14. The Kier molecular flexibility index (Phi) is 2.81. The van der Waals surface area contributed by atoms with E-state index in [1.807, 2.05) is 6.82 Å². The van der Waals surface area contributed by atoms with Crippen molar-refractivity contribution in [2.75, 3.05) is 0 Å². The Morgan fingerprint density at radius 2 is 1.92 bits per heavy atom. The molecule has 0 amide bonds. The zero-order valence-corrected chi connectivity index (χ0v) is 6.90. The predicted molar refractivity (Wildman–Crippen MR) is 46.9 cm³/mol. The summed E-state index contributed by atoms with van der Waals surface area (Å²) in [4.78, 5) is 0. The van der Waals surface area contributed by atoms with Crippen molar-refractivity contribution >= 4 is 12.7 Å². The lowest BCUT2D eigenvalue weighted by Crippen LogP contribution is -2.20. The van der Waals surface area contributed by atoms with Crippen LogP contribution < -0.4 is 11.2 Å². The highest BCUT2D eigenvalue weighted by Gasteiger charge is 2.06. The zero-order valence-electron chi connectivity index (χ0n) is 6.90. The lowest BCUT2D eigenvalue weighted by molar-refractivity contribution is 0.508. The van der Waals surface area contributed by atoms with Gasteiger partial charge in [-0.1, -0.05) is 12.3 Å². The van der Waals surface area contributed by atoms with Gasteiger partial charge in [-0.05, 0) is 17.7 Å². The molecule has 0 aliphatic rings. The van der Waals surface area contributed by atoms with Crippen molar-refractivity contribution in [3.8, 4) is 0 Å². The molecule has 1 nitrogen and oxygen atoms in total. The van der Waals surface area contributed by atoms with Crippen LogP contribution in [-0.4, -0.2) is 7.28 Å². The molecule has 0 saturated carbocycles. The number of hydrogen-bond donors (Lipinski definition) is 1. The molecule has 0 saturated heterocycles. The van der Waals surface area contributed by atoms with Gasteiger partial charge in [-0.3, -0.25) is 0 Å². The van der Waals surface area contributed by atoms with Gasteiger partial charge in [-0.15, -0.1) is 0 Å². The van der Waals surface area contributed by atoms with E-state index in [0.717, 1.165) is 11.5 Å². The number of benzene rings is 1. The fourth-order valence-electron chi connectivity index (χ4n) is 1.15. The Morgan fingerprint density at radius 1 is 1.33 bits per heavy atom. The van der Waals surface area contributed by atoms with Crippen molar-refractivity contribution < 1.29 is 8.78 Å². The van der Waals surface area contributed by atoms with Crippen LogP contribution in [0.3, 0.4) is 0 Å². The molecule has 0 aliphatic carbocycles. The molecule has 0 spiro atoms. The Labute approximate surface area is 70.8 Å². The number of rotatable bonds is 2. The highest BCUT2D eigenvalue weighted by molar-refractivity contribution is 6.52. The van der Waals surface area contributed by atoms with Crippen LogP contribution in [0.2, 0.25) is 6.82 Å².